The maximum atomic E-state index is 12.9. The molecule has 0 aromatic heterocycles. The van der Waals surface area contributed by atoms with Crippen LogP contribution in [0.25, 0.3) is 5.76 Å². The van der Waals surface area contributed by atoms with Crippen molar-refractivity contribution in [2.75, 3.05) is 27.2 Å². The summed E-state index contributed by atoms with van der Waals surface area (Å²) in [7, 11) is 3.83. The van der Waals surface area contributed by atoms with Crippen LogP contribution in [0.4, 0.5) is 5.69 Å². The third-order valence-electron chi connectivity index (χ3n) is 5.29. The molecule has 31 heavy (non-hydrogen) atoms. The number of hydrogen-bond donors (Lipinski definition) is 1. The molecule has 0 radical (unpaired) electrons. The molecule has 0 spiro atoms. The van der Waals surface area contributed by atoms with Crippen LogP contribution in [-0.2, 0) is 9.59 Å². The molecule has 1 aliphatic rings. The van der Waals surface area contributed by atoms with E-state index in [9.17, 15) is 24.8 Å². The molecule has 1 amide bonds. The normalized spacial score (nSPS) is 18.1. The number of nitro groups is 1. The summed E-state index contributed by atoms with van der Waals surface area (Å²) < 4.78 is 0. The molecular weight excluding hydrogens is 398 g/mol. The highest BCUT2D eigenvalue weighted by Crippen LogP contribution is 2.39. The summed E-state index contributed by atoms with van der Waals surface area (Å²) >= 11 is 0. The monoisotopic (exact) mass is 423 g/mol. The lowest BCUT2D eigenvalue weighted by molar-refractivity contribution is -0.384. The van der Waals surface area contributed by atoms with Gasteiger partial charge in [0, 0.05) is 24.2 Å². The molecule has 3 rings (SSSR count). The van der Waals surface area contributed by atoms with Crippen molar-refractivity contribution in [2.45, 2.75) is 19.4 Å². The summed E-state index contributed by atoms with van der Waals surface area (Å²) in [6, 6.07) is 11.9. The second-order valence-electron chi connectivity index (χ2n) is 7.86. The third-order valence-corrected chi connectivity index (χ3v) is 5.29. The van der Waals surface area contributed by atoms with Gasteiger partial charge >= 0.3 is 0 Å². The molecule has 162 valence electrons. The predicted octanol–water partition coefficient (Wildman–Crippen LogP) is 3.28. The average Bonchev–Trinajstić information content (AvgIpc) is 2.98. The summed E-state index contributed by atoms with van der Waals surface area (Å²) in [5.74, 6) is -1.70. The number of hydrogen-bond acceptors (Lipinski definition) is 6. The first-order valence-electron chi connectivity index (χ1n) is 9.95. The van der Waals surface area contributed by atoms with E-state index in [-0.39, 0.29) is 17.0 Å². The summed E-state index contributed by atoms with van der Waals surface area (Å²) in [5, 5.41) is 22.0. The quantitative estimate of drug-likeness (QED) is 0.241. The summed E-state index contributed by atoms with van der Waals surface area (Å²) in [4.78, 5) is 39.7. The fourth-order valence-corrected chi connectivity index (χ4v) is 3.66. The van der Waals surface area contributed by atoms with E-state index >= 15 is 0 Å². The fraction of sp³-hybridized carbons (Fsp3) is 0.304. The first-order valence-corrected chi connectivity index (χ1v) is 9.95. The van der Waals surface area contributed by atoms with E-state index in [1.165, 1.54) is 29.2 Å². The molecule has 1 fully saturated rings. The van der Waals surface area contributed by atoms with E-state index in [4.69, 9.17) is 0 Å². The molecule has 1 saturated heterocycles. The van der Waals surface area contributed by atoms with Gasteiger partial charge in [-0.2, -0.15) is 0 Å². The second kappa shape index (κ2) is 9.09. The number of aryl methyl sites for hydroxylation is 1. The largest absolute Gasteiger partial charge is 0.507 e. The Morgan fingerprint density at radius 3 is 2.26 bits per heavy atom. The van der Waals surface area contributed by atoms with Crippen LogP contribution < -0.4 is 0 Å². The summed E-state index contributed by atoms with van der Waals surface area (Å²) in [6.45, 7) is 2.94. The van der Waals surface area contributed by atoms with Gasteiger partial charge in [0.1, 0.15) is 5.76 Å². The molecular formula is C23H25N3O5. The van der Waals surface area contributed by atoms with Crippen LogP contribution in [0.2, 0.25) is 0 Å². The van der Waals surface area contributed by atoms with Crippen molar-refractivity contribution in [3.63, 3.8) is 0 Å². The summed E-state index contributed by atoms with van der Waals surface area (Å²) in [5.41, 5.74) is 1.86. The van der Waals surface area contributed by atoms with Crippen LogP contribution in [0.3, 0.4) is 0 Å². The van der Waals surface area contributed by atoms with Crippen molar-refractivity contribution >= 4 is 23.1 Å². The van der Waals surface area contributed by atoms with Gasteiger partial charge in [-0.3, -0.25) is 19.7 Å². The molecule has 0 aliphatic carbocycles. The maximum Gasteiger partial charge on any atom is 0.295 e. The minimum atomic E-state index is -0.815. The van der Waals surface area contributed by atoms with Crippen molar-refractivity contribution in [3.8, 4) is 0 Å². The van der Waals surface area contributed by atoms with Gasteiger partial charge in [-0.25, -0.2) is 0 Å². The van der Waals surface area contributed by atoms with E-state index in [0.717, 1.165) is 5.56 Å². The van der Waals surface area contributed by atoms with E-state index in [1.807, 2.05) is 38.1 Å². The van der Waals surface area contributed by atoms with Gasteiger partial charge < -0.3 is 14.9 Å². The van der Waals surface area contributed by atoms with Crippen molar-refractivity contribution in [1.82, 2.24) is 9.80 Å². The number of rotatable bonds is 7. The predicted molar refractivity (Wildman–Crippen MR) is 116 cm³/mol. The van der Waals surface area contributed by atoms with Crippen molar-refractivity contribution in [3.05, 3.63) is 80.9 Å². The van der Waals surface area contributed by atoms with Crippen LogP contribution in [0.15, 0.2) is 54.1 Å². The van der Waals surface area contributed by atoms with E-state index < -0.39 is 22.7 Å². The van der Waals surface area contributed by atoms with Crippen LogP contribution in [0.5, 0.6) is 0 Å². The molecule has 1 heterocycles. The van der Waals surface area contributed by atoms with Gasteiger partial charge in [0.25, 0.3) is 17.4 Å². The van der Waals surface area contributed by atoms with Crippen LogP contribution in [-0.4, -0.2) is 58.7 Å². The number of amides is 1. The Kier molecular flexibility index (Phi) is 6.50. The molecule has 8 heteroatoms. The molecule has 2 aromatic rings. The number of aliphatic hydroxyl groups excluding tert-OH is 1. The lowest BCUT2D eigenvalue weighted by atomic mass is 9.95. The number of nitrogens with zero attached hydrogens (tertiary/aromatic N) is 3. The van der Waals surface area contributed by atoms with Crippen molar-refractivity contribution in [1.29, 1.82) is 0 Å². The Labute approximate surface area is 180 Å². The standard InChI is InChI=1S/C23H25N3O5/c1-15-5-7-17(8-6-15)21(27)19-20(16-9-11-18(12-10-16)26(30)31)25(23(29)22(19)28)14-4-13-24(2)3/h5-12,20,27H,4,13-14H2,1-3H3/b21-19-. The molecule has 1 aliphatic heterocycles. The average molecular weight is 423 g/mol. The Balaban J connectivity index is 2.09. The van der Waals surface area contributed by atoms with Gasteiger partial charge in [0.05, 0.1) is 16.5 Å². The van der Waals surface area contributed by atoms with Crippen LogP contribution in [0, 0.1) is 17.0 Å². The minimum absolute atomic E-state index is 0.00689. The van der Waals surface area contributed by atoms with Gasteiger partial charge in [-0.1, -0.05) is 29.8 Å². The Morgan fingerprint density at radius 1 is 1.10 bits per heavy atom. The Hall–Kier alpha value is -3.52. The van der Waals surface area contributed by atoms with Gasteiger partial charge in [0.15, 0.2) is 0 Å². The Morgan fingerprint density at radius 2 is 1.71 bits per heavy atom. The highest BCUT2D eigenvalue weighted by molar-refractivity contribution is 6.46. The van der Waals surface area contributed by atoms with Gasteiger partial charge in [0.2, 0.25) is 0 Å². The van der Waals surface area contributed by atoms with E-state index in [1.54, 1.807) is 12.1 Å². The second-order valence-corrected chi connectivity index (χ2v) is 7.86. The highest BCUT2D eigenvalue weighted by Gasteiger charge is 2.45. The lowest BCUT2D eigenvalue weighted by Gasteiger charge is -2.26. The number of likely N-dealkylation sites (tertiary alicyclic amines) is 1. The van der Waals surface area contributed by atoms with Crippen LogP contribution in [0.1, 0.15) is 29.2 Å². The zero-order chi connectivity index (χ0) is 22.7. The van der Waals surface area contributed by atoms with Crippen molar-refractivity contribution < 1.29 is 19.6 Å². The number of carbonyl (C=O) groups is 2. The number of nitro benzene ring substituents is 1. The SMILES string of the molecule is Cc1ccc(/C(O)=C2/C(=O)C(=O)N(CCCN(C)C)C2c2ccc([N+](=O)[O-])cc2)cc1. The number of carbonyl (C=O) groups excluding carboxylic acids is 2. The molecule has 1 atom stereocenters. The van der Waals surface area contributed by atoms with Crippen molar-refractivity contribution in [2.24, 2.45) is 0 Å². The molecule has 0 bridgehead atoms. The Bertz CT molecular complexity index is 1030. The fourth-order valence-electron chi connectivity index (χ4n) is 3.66. The minimum Gasteiger partial charge on any atom is -0.507 e. The van der Waals surface area contributed by atoms with E-state index in [2.05, 4.69) is 0 Å². The number of non-ortho nitro benzene ring substituents is 1. The molecule has 1 unspecified atom stereocenters. The number of ketones is 1. The molecule has 2 aromatic carbocycles. The number of benzene rings is 2. The van der Waals surface area contributed by atoms with Crippen LogP contribution >= 0.6 is 0 Å². The number of aliphatic hydroxyl groups is 1. The smallest absolute Gasteiger partial charge is 0.295 e. The first-order chi connectivity index (χ1) is 14.7. The highest BCUT2D eigenvalue weighted by atomic mass is 16.6. The number of Topliss-reactive ketones (excluding diaryl/α,β-unsaturated/α-hetero) is 1. The topological polar surface area (TPSA) is 104 Å². The zero-order valence-electron chi connectivity index (χ0n) is 17.7. The summed E-state index contributed by atoms with van der Waals surface area (Å²) in [6.07, 6.45) is 0.633. The van der Waals surface area contributed by atoms with E-state index in [0.29, 0.717) is 30.6 Å². The zero-order valence-corrected chi connectivity index (χ0v) is 17.7. The maximum absolute atomic E-state index is 12.9. The lowest BCUT2D eigenvalue weighted by Crippen LogP contribution is -2.32. The third kappa shape index (κ3) is 4.64. The molecule has 0 saturated carbocycles. The molecule has 1 N–H and O–H groups in total. The molecule has 8 nitrogen and oxygen atoms in total. The van der Waals surface area contributed by atoms with Gasteiger partial charge in [-0.15, -0.1) is 0 Å². The first kappa shape index (κ1) is 22.2. The van der Waals surface area contributed by atoms with Gasteiger partial charge in [-0.05, 0) is 51.7 Å².